The van der Waals surface area contributed by atoms with Gasteiger partial charge in [0.15, 0.2) is 0 Å². The van der Waals surface area contributed by atoms with E-state index < -0.39 is 0 Å². The Kier molecular flexibility index (Phi) is 4.45. The van der Waals surface area contributed by atoms with Gasteiger partial charge in [0.2, 0.25) is 0 Å². The van der Waals surface area contributed by atoms with E-state index in [1.54, 1.807) is 12.1 Å². The Balaban J connectivity index is 1.28. The molecule has 2 aromatic carbocycles. The third-order valence-corrected chi connectivity index (χ3v) is 7.01. The zero-order chi connectivity index (χ0) is 20.0. The van der Waals surface area contributed by atoms with Crippen molar-refractivity contribution in [3.8, 4) is 16.9 Å². The Hall–Kier alpha value is -2.62. The third kappa shape index (κ3) is 3.68. The summed E-state index contributed by atoms with van der Waals surface area (Å²) in [7, 11) is 0. The highest BCUT2D eigenvalue weighted by molar-refractivity contribution is 5.95. The first-order valence-corrected chi connectivity index (χ1v) is 10.7. The highest BCUT2D eigenvalue weighted by Gasteiger charge is 2.51. The number of ether oxygens (including phenoxy) is 1. The molecular formula is C25H27NO3. The standard InChI is InChI=1S/C25H27NO3/c1-16(27)29-23-8-6-21(7-9-23)20-2-4-22(5-3-20)24(28)26-25-13-17-10-18(14-25)12-19(11-17)15-25/h2-9,17-19H,10-15H2,1H3,(H,26,28). The van der Waals surface area contributed by atoms with Gasteiger partial charge in [0.1, 0.15) is 5.75 Å². The number of hydrogen-bond donors (Lipinski definition) is 1. The lowest BCUT2D eigenvalue weighted by Gasteiger charge is -2.56. The van der Waals surface area contributed by atoms with Gasteiger partial charge in [-0.1, -0.05) is 24.3 Å². The number of hydrogen-bond acceptors (Lipinski definition) is 3. The summed E-state index contributed by atoms with van der Waals surface area (Å²) >= 11 is 0. The van der Waals surface area contributed by atoms with E-state index in [-0.39, 0.29) is 17.4 Å². The number of nitrogens with one attached hydrogen (secondary N) is 1. The van der Waals surface area contributed by atoms with E-state index in [4.69, 9.17) is 4.74 Å². The molecule has 0 aliphatic heterocycles. The van der Waals surface area contributed by atoms with Gasteiger partial charge in [-0.05, 0) is 91.7 Å². The van der Waals surface area contributed by atoms with Gasteiger partial charge in [0, 0.05) is 18.0 Å². The van der Waals surface area contributed by atoms with Gasteiger partial charge in [-0.2, -0.15) is 0 Å². The fourth-order valence-corrected chi connectivity index (χ4v) is 6.27. The molecule has 4 nitrogen and oxygen atoms in total. The summed E-state index contributed by atoms with van der Waals surface area (Å²) in [4.78, 5) is 24.0. The molecule has 29 heavy (non-hydrogen) atoms. The summed E-state index contributed by atoms with van der Waals surface area (Å²) in [6.45, 7) is 1.39. The van der Waals surface area contributed by atoms with Crippen molar-refractivity contribution in [1.29, 1.82) is 0 Å². The molecule has 0 atom stereocenters. The van der Waals surface area contributed by atoms with Gasteiger partial charge >= 0.3 is 5.97 Å². The molecule has 4 aliphatic rings. The molecule has 0 spiro atoms. The van der Waals surface area contributed by atoms with Crippen LogP contribution in [-0.2, 0) is 4.79 Å². The van der Waals surface area contributed by atoms with E-state index >= 15 is 0 Å². The molecule has 0 aromatic heterocycles. The van der Waals surface area contributed by atoms with Crippen LogP contribution in [0.15, 0.2) is 48.5 Å². The van der Waals surface area contributed by atoms with Crippen molar-refractivity contribution in [2.24, 2.45) is 17.8 Å². The summed E-state index contributed by atoms with van der Waals surface area (Å²) in [5, 5.41) is 3.44. The molecule has 2 aromatic rings. The van der Waals surface area contributed by atoms with Crippen molar-refractivity contribution in [2.45, 2.75) is 51.0 Å². The molecule has 1 N–H and O–H groups in total. The Bertz CT molecular complexity index is 894. The summed E-state index contributed by atoms with van der Waals surface area (Å²) in [6.07, 6.45) is 7.62. The minimum atomic E-state index is -0.327. The molecule has 6 rings (SSSR count). The number of amides is 1. The second kappa shape index (κ2) is 7.01. The quantitative estimate of drug-likeness (QED) is 0.593. The first-order chi connectivity index (χ1) is 14.0. The van der Waals surface area contributed by atoms with Gasteiger partial charge in [-0.15, -0.1) is 0 Å². The second-order valence-corrected chi connectivity index (χ2v) is 9.35. The van der Waals surface area contributed by atoms with E-state index in [0.717, 1.165) is 34.4 Å². The molecule has 1 amide bonds. The van der Waals surface area contributed by atoms with Crippen LogP contribution < -0.4 is 10.1 Å². The average Bonchev–Trinajstić information content (AvgIpc) is 2.67. The minimum absolute atomic E-state index is 0.0387. The highest BCUT2D eigenvalue weighted by atomic mass is 16.5. The number of carbonyl (C=O) groups is 2. The van der Waals surface area contributed by atoms with E-state index in [0.29, 0.717) is 5.75 Å². The monoisotopic (exact) mass is 389 g/mol. The van der Waals surface area contributed by atoms with Crippen molar-refractivity contribution < 1.29 is 14.3 Å². The number of rotatable bonds is 4. The summed E-state index contributed by atoms with van der Waals surface area (Å²) in [5.41, 5.74) is 2.82. The van der Waals surface area contributed by atoms with Crippen LogP contribution in [0.4, 0.5) is 0 Å². The molecule has 0 unspecified atom stereocenters. The van der Waals surface area contributed by atoms with Crippen molar-refractivity contribution in [3.05, 3.63) is 54.1 Å². The SMILES string of the molecule is CC(=O)Oc1ccc(-c2ccc(C(=O)NC34CC5CC(CC(C5)C3)C4)cc2)cc1. The van der Waals surface area contributed by atoms with Crippen LogP contribution in [0.2, 0.25) is 0 Å². The fraction of sp³-hybridized carbons (Fsp3) is 0.440. The smallest absolute Gasteiger partial charge is 0.308 e. The molecule has 4 saturated carbocycles. The molecular weight excluding hydrogens is 362 g/mol. The first kappa shape index (κ1) is 18.4. The fourth-order valence-electron chi connectivity index (χ4n) is 6.27. The number of carbonyl (C=O) groups excluding carboxylic acids is 2. The Morgan fingerprint density at radius 2 is 1.31 bits per heavy atom. The predicted octanol–water partition coefficient (Wildman–Crippen LogP) is 4.98. The molecule has 4 fully saturated rings. The molecule has 0 saturated heterocycles. The van der Waals surface area contributed by atoms with Gasteiger partial charge in [-0.25, -0.2) is 0 Å². The Morgan fingerprint density at radius 1 is 0.828 bits per heavy atom. The average molecular weight is 389 g/mol. The number of esters is 1. The van der Waals surface area contributed by atoms with Crippen LogP contribution >= 0.6 is 0 Å². The maximum atomic E-state index is 13.0. The Labute approximate surface area is 171 Å². The van der Waals surface area contributed by atoms with Crippen molar-refractivity contribution >= 4 is 11.9 Å². The van der Waals surface area contributed by atoms with Crippen molar-refractivity contribution in [2.75, 3.05) is 0 Å². The van der Waals surface area contributed by atoms with Crippen molar-refractivity contribution in [3.63, 3.8) is 0 Å². The molecule has 0 radical (unpaired) electrons. The lowest BCUT2D eigenvalue weighted by atomic mass is 9.53. The van der Waals surface area contributed by atoms with Crippen LogP contribution in [0, 0.1) is 17.8 Å². The summed E-state index contributed by atoms with van der Waals surface area (Å²) < 4.78 is 5.08. The van der Waals surface area contributed by atoms with Crippen LogP contribution in [0.3, 0.4) is 0 Å². The highest BCUT2D eigenvalue weighted by Crippen LogP contribution is 2.55. The maximum absolute atomic E-state index is 13.0. The van der Waals surface area contributed by atoms with E-state index in [1.165, 1.54) is 45.4 Å². The molecule has 4 aliphatic carbocycles. The lowest BCUT2D eigenvalue weighted by molar-refractivity contribution is -0.131. The summed E-state index contributed by atoms with van der Waals surface area (Å²) in [6, 6.07) is 15.2. The van der Waals surface area contributed by atoms with E-state index in [2.05, 4.69) is 5.32 Å². The Morgan fingerprint density at radius 3 is 1.79 bits per heavy atom. The van der Waals surface area contributed by atoms with Crippen LogP contribution in [0.25, 0.3) is 11.1 Å². The first-order valence-electron chi connectivity index (χ1n) is 10.7. The van der Waals surface area contributed by atoms with Crippen LogP contribution in [0.5, 0.6) is 5.75 Å². The zero-order valence-corrected chi connectivity index (χ0v) is 16.8. The second-order valence-electron chi connectivity index (χ2n) is 9.35. The van der Waals surface area contributed by atoms with Crippen LogP contribution in [-0.4, -0.2) is 17.4 Å². The van der Waals surface area contributed by atoms with Gasteiger partial charge in [0.05, 0.1) is 0 Å². The third-order valence-electron chi connectivity index (χ3n) is 7.01. The van der Waals surface area contributed by atoms with Crippen LogP contribution in [0.1, 0.15) is 55.8 Å². The zero-order valence-electron chi connectivity index (χ0n) is 16.8. The minimum Gasteiger partial charge on any atom is -0.427 e. The van der Waals surface area contributed by atoms with E-state index in [9.17, 15) is 9.59 Å². The van der Waals surface area contributed by atoms with Gasteiger partial charge < -0.3 is 10.1 Å². The lowest BCUT2D eigenvalue weighted by Crippen LogP contribution is -2.59. The van der Waals surface area contributed by atoms with E-state index in [1.807, 2.05) is 36.4 Å². The van der Waals surface area contributed by atoms with Gasteiger partial charge in [0.25, 0.3) is 5.91 Å². The number of benzene rings is 2. The molecule has 0 heterocycles. The molecule has 4 heteroatoms. The van der Waals surface area contributed by atoms with Crippen molar-refractivity contribution in [1.82, 2.24) is 5.32 Å². The maximum Gasteiger partial charge on any atom is 0.308 e. The molecule has 150 valence electrons. The normalized spacial score (nSPS) is 29.5. The predicted molar refractivity (Wildman–Crippen MR) is 112 cm³/mol. The molecule has 4 bridgehead atoms. The summed E-state index contributed by atoms with van der Waals surface area (Å²) in [5.74, 6) is 2.72. The largest absolute Gasteiger partial charge is 0.427 e. The topological polar surface area (TPSA) is 55.4 Å². The van der Waals surface area contributed by atoms with Gasteiger partial charge in [-0.3, -0.25) is 9.59 Å².